The minimum absolute atomic E-state index is 0.256. The Morgan fingerprint density at radius 1 is 1.20 bits per heavy atom. The maximum atomic E-state index is 12.8. The standard InChI is InChI=1S/C21H18N4O4S/c1-3-28-16-9-7-13(8-10-16)20-22-12(2)17(30-20)19(26)23-15-6-4-5-14(11-15)18-24-21(27)29-25-18/h4-11H,3H2,1-2H3,(H,23,26)(H,24,25,27). The van der Waals surface area contributed by atoms with Gasteiger partial charge in [0.05, 0.1) is 12.3 Å². The van der Waals surface area contributed by atoms with E-state index in [2.05, 4.69) is 25.0 Å². The van der Waals surface area contributed by atoms with Crippen LogP contribution in [-0.4, -0.2) is 27.6 Å². The highest BCUT2D eigenvalue weighted by Gasteiger charge is 2.17. The number of nitrogens with one attached hydrogen (secondary N) is 2. The number of nitrogens with zero attached hydrogens (tertiary/aromatic N) is 2. The Morgan fingerprint density at radius 3 is 2.70 bits per heavy atom. The molecule has 0 radical (unpaired) electrons. The fourth-order valence-electron chi connectivity index (χ4n) is 2.88. The molecule has 0 aliphatic heterocycles. The zero-order valence-electron chi connectivity index (χ0n) is 16.3. The number of benzene rings is 2. The van der Waals surface area contributed by atoms with Crippen molar-refractivity contribution >= 4 is 22.9 Å². The summed E-state index contributed by atoms with van der Waals surface area (Å²) in [6, 6.07) is 14.6. The summed E-state index contributed by atoms with van der Waals surface area (Å²) in [5.74, 6) is 0.193. The molecule has 1 amide bonds. The minimum atomic E-state index is -0.637. The molecule has 152 valence electrons. The molecule has 2 N–H and O–H groups in total. The first-order valence-electron chi connectivity index (χ1n) is 9.22. The Hall–Kier alpha value is -3.72. The van der Waals surface area contributed by atoms with Crippen molar-refractivity contribution < 1.29 is 14.1 Å². The van der Waals surface area contributed by atoms with Gasteiger partial charge in [-0.3, -0.25) is 14.3 Å². The summed E-state index contributed by atoms with van der Waals surface area (Å²) in [4.78, 5) is 31.5. The SMILES string of the molecule is CCOc1ccc(-c2nc(C)c(C(=O)Nc3cccc(-c4noc(=O)[nH]4)c3)s2)cc1. The number of hydrogen-bond acceptors (Lipinski definition) is 7. The zero-order chi connectivity index (χ0) is 21.1. The van der Waals surface area contributed by atoms with Crippen LogP contribution < -0.4 is 15.8 Å². The summed E-state index contributed by atoms with van der Waals surface area (Å²) in [5.41, 5.74) is 2.76. The van der Waals surface area contributed by atoms with E-state index < -0.39 is 5.76 Å². The molecule has 0 saturated carbocycles. The minimum Gasteiger partial charge on any atom is -0.494 e. The molecule has 2 heterocycles. The molecule has 0 spiro atoms. The Bertz CT molecular complexity index is 1240. The lowest BCUT2D eigenvalue weighted by atomic mass is 10.2. The van der Waals surface area contributed by atoms with E-state index in [1.165, 1.54) is 11.3 Å². The lowest BCUT2D eigenvalue weighted by molar-refractivity contribution is 0.103. The van der Waals surface area contributed by atoms with Gasteiger partial charge in [-0.15, -0.1) is 11.3 Å². The summed E-state index contributed by atoms with van der Waals surface area (Å²) >= 11 is 1.32. The molecule has 2 aromatic carbocycles. The van der Waals surface area contributed by atoms with Crippen molar-refractivity contribution in [3.8, 4) is 27.7 Å². The normalized spacial score (nSPS) is 10.7. The maximum Gasteiger partial charge on any atom is 0.439 e. The Kier molecular flexibility index (Phi) is 5.44. The Balaban J connectivity index is 1.54. The van der Waals surface area contributed by atoms with Crippen LogP contribution in [0.15, 0.2) is 57.8 Å². The molecular weight excluding hydrogens is 404 g/mol. The van der Waals surface area contributed by atoms with E-state index in [1.54, 1.807) is 31.2 Å². The van der Waals surface area contributed by atoms with Crippen LogP contribution in [0, 0.1) is 6.92 Å². The summed E-state index contributed by atoms with van der Waals surface area (Å²) in [7, 11) is 0. The van der Waals surface area contributed by atoms with Gasteiger partial charge in [0, 0.05) is 16.8 Å². The average Bonchev–Trinajstić information content (AvgIpc) is 3.35. The van der Waals surface area contributed by atoms with Crippen LogP contribution in [0.5, 0.6) is 5.75 Å². The molecular formula is C21H18N4O4S. The number of aromatic amines is 1. The predicted octanol–water partition coefficient (Wildman–Crippen LogP) is 4.11. The summed E-state index contributed by atoms with van der Waals surface area (Å²) in [6.45, 7) is 4.34. The number of anilines is 1. The monoisotopic (exact) mass is 422 g/mol. The van der Waals surface area contributed by atoms with Crippen LogP contribution in [0.1, 0.15) is 22.3 Å². The van der Waals surface area contributed by atoms with E-state index >= 15 is 0 Å². The molecule has 8 nitrogen and oxygen atoms in total. The number of carbonyl (C=O) groups is 1. The fourth-order valence-corrected chi connectivity index (χ4v) is 3.84. The second-order valence-corrected chi connectivity index (χ2v) is 7.37. The molecule has 2 aromatic heterocycles. The van der Waals surface area contributed by atoms with Crippen molar-refractivity contribution in [3.05, 3.63) is 69.7 Å². The molecule has 0 fully saturated rings. The van der Waals surface area contributed by atoms with Gasteiger partial charge in [0.15, 0.2) is 5.82 Å². The summed E-state index contributed by atoms with van der Waals surface area (Å²) < 4.78 is 9.99. The third-order valence-corrected chi connectivity index (χ3v) is 5.45. The lowest BCUT2D eigenvalue weighted by Gasteiger charge is -2.05. The van der Waals surface area contributed by atoms with Gasteiger partial charge in [-0.05, 0) is 50.2 Å². The van der Waals surface area contributed by atoms with Gasteiger partial charge in [-0.1, -0.05) is 17.3 Å². The first-order valence-corrected chi connectivity index (χ1v) is 10.0. The van der Waals surface area contributed by atoms with Gasteiger partial charge in [0.1, 0.15) is 15.6 Å². The molecule has 9 heteroatoms. The van der Waals surface area contributed by atoms with Crippen LogP contribution in [0.2, 0.25) is 0 Å². The van der Waals surface area contributed by atoms with Gasteiger partial charge < -0.3 is 10.1 Å². The number of carbonyl (C=O) groups excluding carboxylic acids is 1. The van der Waals surface area contributed by atoms with Gasteiger partial charge in [-0.25, -0.2) is 9.78 Å². The number of hydrogen-bond donors (Lipinski definition) is 2. The molecule has 0 atom stereocenters. The largest absolute Gasteiger partial charge is 0.494 e. The summed E-state index contributed by atoms with van der Waals surface area (Å²) in [5, 5.41) is 7.29. The van der Waals surface area contributed by atoms with Gasteiger partial charge in [0.2, 0.25) is 0 Å². The first-order chi connectivity index (χ1) is 14.5. The molecule has 0 aliphatic carbocycles. The Morgan fingerprint density at radius 2 is 2.00 bits per heavy atom. The number of thiazole rings is 1. The zero-order valence-corrected chi connectivity index (χ0v) is 17.1. The fraction of sp³-hybridized carbons (Fsp3) is 0.143. The Labute approximate surface area is 175 Å². The van der Waals surface area contributed by atoms with Crippen molar-refractivity contribution in [2.45, 2.75) is 13.8 Å². The molecule has 4 aromatic rings. The summed E-state index contributed by atoms with van der Waals surface area (Å²) in [6.07, 6.45) is 0. The van der Waals surface area contributed by atoms with Crippen LogP contribution >= 0.6 is 11.3 Å². The number of amides is 1. The van der Waals surface area contributed by atoms with Gasteiger partial charge >= 0.3 is 5.76 Å². The van der Waals surface area contributed by atoms with Crippen LogP contribution in [0.4, 0.5) is 5.69 Å². The molecule has 0 bridgehead atoms. The molecule has 0 aliphatic rings. The third kappa shape index (κ3) is 4.15. The molecule has 30 heavy (non-hydrogen) atoms. The first kappa shape index (κ1) is 19.6. The number of ether oxygens (including phenoxy) is 1. The molecule has 4 rings (SSSR count). The van der Waals surface area contributed by atoms with Crippen molar-refractivity contribution in [1.29, 1.82) is 0 Å². The third-order valence-electron chi connectivity index (χ3n) is 4.25. The van der Waals surface area contributed by atoms with E-state index in [-0.39, 0.29) is 5.91 Å². The van der Waals surface area contributed by atoms with E-state index in [0.29, 0.717) is 34.3 Å². The van der Waals surface area contributed by atoms with Gasteiger partial charge in [-0.2, -0.15) is 0 Å². The smallest absolute Gasteiger partial charge is 0.439 e. The number of aryl methyl sites for hydroxylation is 1. The second kappa shape index (κ2) is 8.34. The molecule has 0 saturated heterocycles. The predicted molar refractivity (Wildman–Crippen MR) is 114 cm³/mol. The topological polar surface area (TPSA) is 110 Å². The quantitative estimate of drug-likeness (QED) is 0.484. The van der Waals surface area contributed by atoms with Crippen molar-refractivity contribution in [2.24, 2.45) is 0 Å². The van der Waals surface area contributed by atoms with Gasteiger partial charge in [0.25, 0.3) is 5.91 Å². The number of aromatic nitrogens is 3. The van der Waals surface area contributed by atoms with Crippen molar-refractivity contribution in [1.82, 2.24) is 15.1 Å². The highest BCUT2D eigenvalue weighted by molar-refractivity contribution is 7.17. The van der Waals surface area contributed by atoms with E-state index in [9.17, 15) is 9.59 Å². The number of H-pyrrole nitrogens is 1. The lowest BCUT2D eigenvalue weighted by Crippen LogP contribution is -2.11. The second-order valence-electron chi connectivity index (χ2n) is 6.37. The highest BCUT2D eigenvalue weighted by Crippen LogP contribution is 2.30. The van der Waals surface area contributed by atoms with Crippen LogP contribution in [0.25, 0.3) is 22.0 Å². The van der Waals surface area contributed by atoms with Crippen molar-refractivity contribution in [2.75, 3.05) is 11.9 Å². The van der Waals surface area contributed by atoms with Crippen LogP contribution in [-0.2, 0) is 0 Å². The average molecular weight is 422 g/mol. The maximum absolute atomic E-state index is 12.8. The van der Waals surface area contributed by atoms with E-state index in [1.807, 2.05) is 31.2 Å². The number of rotatable bonds is 6. The van der Waals surface area contributed by atoms with E-state index in [0.717, 1.165) is 16.3 Å². The van der Waals surface area contributed by atoms with Crippen molar-refractivity contribution in [3.63, 3.8) is 0 Å². The van der Waals surface area contributed by atoms with Crippen LogP contribution in [0.3, 0.4) is 0 Å². The molecule has 0 unspecified atom stereocenters. The van der Waals surface area contributed by atoms with E-state index in [4.69, 9.17) is 4.74 Å². The highest BCUT2D eigenvalue weighted by atomic mass is 32.1.